The average Bonchev–Trinajstić information content (AvgIpc) is 3.88. The first kappa shape index (κ1) is 43.8. The van der Waals surface area contributed by atoms with Gasteiger partial charge in [-0.05, 0) is 67.1 Å². The maximum absolute atomic E-state index is 13.9. The number of carbonyl (C=O) groups excluding carboxylic acids is 3. The largest absolute Gasteiger partial charge is 0.493 e. The summed E-state index contributed by atoms with van der Waals surface area (Å²) in [5.41, 5.74) is -1.41. The number of ether oxygens (including phenoxy) is 1. The van der Waals surface area contributed by atoms with Crippen LogP contribution in [0.1, 0.15) is 28.9 Å². The van der Waals surface area contributed by atoms with Crippen molar-refractivity contribution >= 4 is 87.1 Å². The molecule has 0 saturated carbocycles. The lowest BCUT2D eigenvalue weighted by atomic mass is 10.1. The number of aliphatic imine (C=N–C) groups is 1. The third-order valence-corrected chi connectivity index (χ3v) is 10.6. The molecule has 308 valence electrons. The first-order valence-corrected chi connectivity index (χ1v) is 19.9. The lowest BCUT2D eigenvalue weighted by Gasteiger charge is -2.17. The second kappa shape index (κ2) is 19.4. The molecule has 2 aliphatic heterocycles. The van der Waals surface area contributed by atoms with E-state index in [1.807, 2.05) is 0 Å². The van der Waals surface area contributed by atoms with Gasteiger partial charge in [0.2, 0.25) is 11.8 Å². The molecule has 6 N–H and O–H groups in total. The second-order valence-corrected chi connectivity index (χ2v) is 15.0. The highest BCUT2D eigenvalue weighted by atomic mass is 32.2. The Morgan fingerprint density at radius 1 is 1.07 bits per heavy atom. The van der Waals surface area contributed by atoms with Gasteiger partial charge in [0.1, 0.15) is 10.5 Å². The molecular formula is C31H29N7O16S4. The Hall–Kier alpha value is -5.30. The minimum Gasteiger partial charge on any atom is -0.493 e. The molecule has 1 unspecified atom stereocenters. The van der Waals surface area contributed by atoms with Gasteiger partial charge < -0.3 is 24.6 Å². The molecule has 1 aromatic heterocycles. The van der Waals surface area contributed by atoms with Crippen molar-refractivity contribution in [3.63, 3.8) is 0 Å². The van der Waals surface area contributed by atoms with Crippen molar-refractivity contribution in [1.29, 1.82) is 0 Å². The summed E-state index contributed by atoms with van der Waals surface area (Å²) >= 11 is -1.70. The molecule has 1 fully saturated rings. The summed E-state index contributed by atoms with van der Waals surface area (Å²) in [5, 5.41) is 47.0. The van der Waals surface area contributed by atoms with E-state index in [1.54, 1.807) is 0 Å². The van der Waals surface area contributed by atoms with Crippen LogP contribution in [0, 0.1) is 0 Å². The number of anilines is 1. The van der Waals surface area contributed by atoms with Crippen LogP contribution in [-0.2, 0) is 54.3 Å². The molecule has 2 aromatic carbocycles. The summed E-state index contributed by atoms with van der Waals surface area (Å²) < 4.78 is 71.8. The van der Waals surface area contributed by atoms with Gasteiger partial charge in [0.05, 0.1) is 45.9 Å². The Balaban J connectivity index is 1.63. The molecule has 3 aromatic rings. The molecule has 23 nitrogen and oxygen atoms in total. The van der Waals surface area contributed by atoms with Gasteiger partial charge in [-0.25, -0.2) is 14.7 Å². The first-order valence-electron chi connectivity index (χ1n) is 15.9. The Labute approximate surface area is 338 Å². The lowest BCUT2D eigenvalue weighted by molar-refractivity contribution is -0.432. The SMILES string of the molecule is CN=COC1=NN(c2cc(SOOO)ccc2S(=O)(=O)O)C(=O)/C1=C\C=C(C=Cc1c(C(=O)NC)nn(-c2cc(SOOO)ccc2S(=O)O)c1O)N1CCCC1=O. The van der Waals surface area contributed by atoms with E-state index >= 15 is 0 Å². The van der Waals surface area contributed by atoms with Gasteiger partial charge in [-0.3, -0.25) is 23.9 Å². The Kier molecular flexibility index (Phi) is 14.7. The van der Waals surface area contributed by atoms with E-state index in [1.165, 1.54) is 67.6 Å². The highest BCUT2D eigenvalue weighted by molar-refractivity contribution is 7.94. The molecule has 0 bridgehead atoms. The van der Waals surface area contributed by atoms with Crippen molar-refractivity contribution in [2.75, 3.05) is 25.6 Å². The zero-order chi connectivity index (χ0) is 42.1. The number of hydrogen-bond acceptors (Lipinski definition) is 19. The summed E-state index contributed by atoms with van der Waals surface area (Å²) in [7, 11) is -2.31. The van der Waals surface area contributed by atoms with Crippen molar-refractivity contribution < 1.29 is 75.2 Å². The minimum atomic E-state index is -4.95. The quantitative estimate of drug-likeness (QED) is 0.0139. The lowest BCUT2D eigenvalue weighted by Crippen LogP contribution is -2.24. The topological polar surface area (TPSA) is 311 Å². The molecule has 3 heterocycles. The summed E-state index contributed by atoms with van der Waals surface area (Å²) in [6, 6.07) is 7.00. The van der Waals surface area contributed by atoms with E-state index in [0.29, 0.717) is 35.5 Å². The van der Waals surface area contributed by atoms with Crippen LogP contribution in [0.25, 0.3) is 11.8 Å². The van der Waals surface area contributed by atoms with Crippen LogP contribution in [0.5, 0.6) is 5.88 Å². The van der Waals surface area contributed by atoms with E-state index in [-0.39, 0.29) is 61.8 Å². The number of aromatic nitrogens is 2. The van der Waals surface area contributed by atoms with E-state index in [2.05, 4.69) is 39.3 Å². The fourth-order valence-corrected chi connectivity index (χ4v) is 7.26. The molecule has 2 aliphatic rings. The van der Waals surface area contributed by atoms with Crippen LogP contribution in [0.3, 0.4) is 0 Å². The number of rotatable bonds is 16. The van der Waals surface area contributed by atoms with Crippen LogP contribution in [0.2, 0.25) is 0 Å². The number of nitrogens with zero attached hydrogens (tertiary/aromatic N) is 6. The van der Waals surface area contributed by atoms with Crippen molar-refractivity contribution in [2.24, 2.45) is 10.1 Å². The predicted molar refractivity (Wildman–Crippen MR) is 202 cm³/mol. The van der Waals surface area contributed by atoms with Crippen LogP contribution in [0.4, 0.5) is 5.69 Å². The monoisotopic (exact) mass is 883 g/mol. The Morgan fingerprint density at radius 2 is 1.74 bits per heavy atom. The molecule has 0 aliphatic carbocycles. The normalized spacial score (nSPS) is 16.3. The molecular weight excluding hydrogens is 855 g/mol. The van der Waals surface area contributed by atoms with E-state index in [4.69, 9.17) is 15.3 Å². The van der Waals surface area contributed by atoms with Gasteiger partial charge >= 0.3 is 0 Å². The van der Waals surface area contributed by atoms with Crippen molar-refractivity contribution in [3.8, 4) is 11.6 Å². The van der Waals surface area contributed by atoms with E-state index in [9.17, 15) is 41.2 Å². The maximum atomic E-state index is 13.9. The second-order valence-electron chi connectivity index (χ2n) is 11.2. The molecule has 5 rings (SSSR count). The molecule has 58 heavy (non-hydrogen) atoms. The zero-order valence-corrected chi connectivity index (χ0v) is 32.8. The van der Waals surface area contributed by atoms with Gasteiger partial charge in [0, 0.05) is 42.5 Å². The third kappa shape index (κ3) is 9.86. The van der Waals surface area contributed by atoms with Gasteiger partial charge in [-0.2, -0.15) is 23.2 Å². The van der Waals surface area contributed by atoms with E-state index in [0.717, 1.165) is 23.2 Å². The van der Waals surface area contributed by atoms with Crippen LogP contribution in [0.15, 0.2) is 95.6 Å². The summed E-state index contributed by atoms with van der Waals surface area (Å²) in [6.45, 7) is 0.212. The van der Waals surface area contributed by atoms with Crippen LogP contribution < -0.4 is 10.3 Å². The van der Waals surface area contributed by atoms with Crippen molar-refractivity contribution in [3.05, 3.63) is 77.2 Å². The van der Waals surface area contributed by atoms with Crippen LogP contribution >= 0.6 is 24.1 Å². The maximum Gasteiger partial charge on any atom is 0.296 e. The number of amides is 3. The van der Waals surface area contributed by atoms with Gasteiger partial charge in [0.15, 0.2) is 23.2 Å². The Morgan fingerprint density at radius 3 is 2.33 bits per heavy atom. The molecule has 1 atom stereocenters. The van der Waals surface area contributed by atoms with Gasteiger partial charge in [-0.1, -0.05) is 10.1 Å². The standard InChI is InChI=1S/C31H29N7O16S4/c1-32-16-50-29-21(31(42)38(35-29)23-15-19(56-54-52-44)8-12-25(23)58(47,48)49)10-6-17(36-13-3-4-26(36)39)5-9-20-27(28(40)33-2)34-37(30(20)41)22-14-18(55-53-51-43)7-11-24(22)57(45)46/h5-12,14-16,41,43-44H,3-4,13H2,1-2H3,(H,33,40)(H,45,46)(H,47,48,49)/b9-5?,17-6?,21-10-,32-16?. The van der Waals surface area contributed by atoms with Crippen molar-refractivity contribution in [1.82, 2.24) is 20.0 Å². The average molecular weight is 884 g/mol. The van der Waals surface area contributed by atoms with Crippen molar-refractivity contribution in [2.45, 2.75) is 32.4 Å². The number of nitrogens with one attached hydrogen (secondary N) is 1. The number of benzene rings is 2. The summed E-state index contributed by atoms with van der Waals surface area (Å²) in [5.74, 6) is -3.19. The fourth-order valence-electron chi connectivity index (χ4n) is 5.32. The van der Waals surface area contributed by atoms with Gasteiger partial charge in [-0.15, -0.1) is 13.8 Å². The highest BCUT2D eigenvalue weighted by Crippen LogP contribution is 2.36. The summed E-state index contributed by atoms with van der Waals surface area (Å²) in [4.78, 5) is 44.3. The molecule has 0 spiro atoms. The predicted octanol–water partition coefficient (Wildman–Crippen LogP) is 3.10. The molecule has 3 amide bonds. The third-order valence-electron chi connectivity index (χ3n) is 7.78. The number of likely N-dealkylation sites (tertiary alicyclic amines) is 1. The molecule has 1 saturated heterocycles. The zero-order valence-electron chi connectivity index (χ0n) is 29.5. The first-order chi connectivity index (χ1) is 27.7. The molecule has 27 heteroatoms. The highest BCUT2D eigenvalue weighted by Gasteiger charge is 2.36. The fraction of sp³-hybridized carbons (Fsp3) is 0.161. The number of hydrogen-bond donors (Lipinski definition) is 6. The van der Waals surface area contributed by atoms with E-state index < -0.39 is 55.4 Å². The number of carbonyl (C=O) groups is 3. The number of hydrazone groups is 1. The smallest absolute Gasteiger partial charge is 0.296 e. The van der Waals surface area contributed by atoms with Gasteiger partial charge in [0.25, 0.3) is 27.8 Å². The number of allylic oxidation sites excluding steroid dienone is 3. The minimum absolute atomic E-state index is 0.0924. The Bertz CT molecular complexity index is 2400. The molecule has 0 radical (unpaired) electrons. The number of aromatic hydroxyl groups is 1. The summed E-state index contributed by atoms with van der Waals surface area (Å²) in [6.07, 6.45) is 6.58. The van der Waals surface area contributed by atoms with Crippen LogP contribution in [-0.4, -0.2) is 103 Å².